The number of rotatable bonds is 1. The number of anilines is 1. The first-order valence-electron chi connectivity index (χ1n) is 2.39. The van der Waals surface area contributed by atoms with E-state index in [0.29, 0.717) is 0 Å². The highest BCUT2D eigenvalue weighted by Crippen LogP contribution is 2.01. The number of nitrogens with one attached hydrogen (secondary N) is 2. The van der Waals surface area contributed by atoms with E-state index < -0.39 is 0 Å². The molecule has 0 spiro atoms. The maximum atomic E-state index is 3.79. The third-order valence-corrected chi connectivity index (χ3v) is 0.959. The van der Waals surface area contributed by atoms with Crippen LogP contribution in [-0.4, -0.2) is 22.5 Å². The molecular formula is C4H8N4. The van der Waals surface area contributed by atoms with Crippen molar-refractivity contribution in [2.45, 2.75) is 6.92 Å². The molecule has 0 saturated heterocycles. The van der Waals surface area contributed by atoms with Crippen LogP contribution in [0, 0.1) is 6.92 Å². The third-order valence-electron chi connectivity index (χ3n) is 0.959. The number of nitrogens with zero attached hydrogens (tertiary/aromatic N) is 2. The smallest absolute Gasteiger partial charge is 0.171 e. The molecule has 0 aromatic carbocycles. The zero-order valence-corrected chi connectivity index (χ0v) is 4.89. The van der Waals surface area contributed by atoms with Crippen LogP contribution in [0.2, 0.25) is 0 Å². The Kier molecular flexibility index (Phi) is 1.15. The van der Waals surface area contributed by atoms with E-state index in [1.165, 1.54) is 0 Å². The average molecular weight is 112 g/mol. The van der Waals surface area contributed by atoms with Gasteiger partial charge in [0.1, 0.15) is 5.69 Å². The molecule has 0 aliphatic rings. The van der Waals surface area contributed by atoms with E-state index in [9.17, 15) is 0 Å². The van der Waals surface area contributed by atoms with Gasteiger partial charge in [-0.3, -0.25) is 0 Å². The molecule has 0 atom stereocenters. The summed E-state index contributed by atoms with van der Waals surface area (Å²) in [6.45, 7) is 1.88. The van der Waals surface area contributed by atoms with Gasteiger partial charge in [0.05, 0.1) is 0 Å². The van der Waals surface area contributed by atoms with Crippen LogP contribution < -0.4 is 5.32 Å². The zero-order chi connectivity index (χ0) is 5.98. The second-order valence-electron chi connectivity index (χ2n) is 1.51. The van der Waals surface area contributed by atoms with Crippen LogP contribution in [0.3, 0.4) is 0 Å². The predicted molar refractivity (Wildman–Crippen MR) is 30.7 cm³/mol. The predicted octanol–water partition coefficient (Wildman–Crippen LogP) is 0.155. The van der Waals surface area contributed by atoms with Crippen LogP contribution in [0.5, 0.6) is 0 Å². The fourth-order valence-corrected chi connectivity index (χ4v) is 0.521. The maximum Gasteiger partial charge on any atom is 0.171 e. The van der Waals surface area contributed by atoms with Gasteiger partial charge in [-0.15, -0.1) is 5.10 Å². The molecule has 0 unspecified atom stereocenters. The molecule has 2 N–H and O–H groups in total. The standard InChI is InChI=1S/C4H8N4/c1-3-4(5-2)7-8-6-3/h1-2H3,(H2,5,6,7,8). The Morgan fingerprint density at radius 3 is 2.50 bits per heavy atom. The van der Waals surface area contributed by atoms with Gasteiger partial charge >= 0.3 is 0 Å². The van der Waals surface area contributed by atoms with Crippen molar-refractivity contribution in [1.29, 1.82) is 0 Å². The molecular weight excluding hydrogens is 104 g/mol. The van der Waals surface area contributed by atoms with Crippen LogP contribution >= 0.6 is 0 Å². The normalized spacial score (nSPS) is 9.25. The highest BCUT2D eigenvalue weighted by atomic mass is 15.4. The highest BCUT2D eigenvalue weighted by molar-refractivity contribution is 5.35. The minimum Gasteiger partial charge on any atom is -0.370 e. The van der Waals surface area contributed by atoms with Gasteiger partial charge in [0.15, 0.2) is 5.82 Å². The van der Waals surface area contributed by atoms with E-state index in [4.69, 9.17) is 0 Å². The first-order valence-corrected chi connectivity index (χ1v) is 2.39. The number of hydrogen-bond donors (Lipinski definition) is 2. The summed E-state index contributed by atoms with van der Waals surface area (Å²) in [5.74, 6) is 0.810. The Balaban J connectivity index is 2.92. The van der Waals surface area contributed by atoms with Gasteiger partial charge < -0.3 is 5.32 Å². The van der Waals surface area contributed by atoms with Gasteiger partial charge in [-0.2, -0.15) is 10.3 Å². The van der Waals surface area contributed by atoms with Crippen molar-refractivity contribution in [3.05, 3.63) is 5.69 Å². The number of aryl methyl sites for hydroxylation is 1. The van der Waals surface area contributed by atoms with Crippen molar-refractivity contribution in [2.24, 2.45) is 0 Å². The van der Waals surface area contributed by atoms with Crippen LogP contribution in [-0.2, 0) is 0 Å². The molecule has 0 saturated carbocycles. The number of H-pyrrole nitrogens is 1. The SMILES string of the molecule is CNc1n[nH]nc1C. The van der Waals surface area contributed by atoms with Crippen molar-refractivity contribution in [3.63, 3.8) is 0 Å². The molecule has 0 fully saturated rings. The monoisotopic (exact) mass is 112 g/mol. The Labute approximate surface area is 47.3 Å². The largest absolute Gasteiger partial charge is 0.370 e. The van der Waals surface area contributed by atoms with E-state index in [1.807, 2.05) is 14.0 Å². The van der Waals surface area contributed by atoms with Crippen molar-refractivity contribution in [1.82, 2.24) is 15.4 Å². The van der Waals surface area contributed by atoms with Gasteiger partial charge in [0.2, 0.25) is 0 Å². The number of aromatic amines is 1. The quantitative estimate of drug-likeness (QED) is 0.544. The molecule has 44 valence electrons. The second-order valence-corrected chi connectivity index (χ2v) is 1.51. The molecule has 0 aliphatic heterocycles. The van der Waals surface area contributed by atoms with Crippen molar-refractivity contribution >= 4 is 5.82 Å². The van der Waals surface area contributed by atoms with E-state index in [0.717, 1.165) is 11.5 Å². The average Bonchev–Trinajstić information content (AvgIpc) is 2.14. The lowest BCUT2D eigenvalue weighted by Gasteiger charge is -1.88. The van der Waals surface area contributed by atoms with Gasteiger partial charge in [-0.1, -0.05) is 0 Å². The Hall–Kier alpha value is -1.06. The molecule has 1 rings (SSSR count). The summed E-state index contributed by atoms with van der Waals surface area (Å²) in [4.78, 5) is 0. The fraction of sp³-hybridized carbons (Fsp3) is 0.500. The summed E-state index contributed by atoms with van der Waals surface area (Å²) in [7, 11) is 1.81. The summed E-state index contributed by atoms with van der Waals surface area (Å²) in [5, 5.41) is 12.9. The molecule has 0 aliphatic carbocycles. The molecule has 0 bridgehead atoms. The number of aromatic nitrogens is 3. The van der Waals surface area contributed by atoms with E-state index in [1.54, 1.807) is 0 Å². The fourth-order valence-electron chi connectivity index (χ4n) is 0.521. The van der Waals surface area contributed by atoms with E-state index in [-0.39, 0.29) is 0 Å². The molecule has 4 nitrogen and oxygen atoms in total. The minimum absolute atomic E-state index is 0.810. The molecule has 8 heavy (non-hydrogen) atoms. The van der Waals surface area contributed by atoms with Crippen LogP contribution in [0.4, 0.5) is 5.82 Å². The topological polar surface area (TPSA) is 53.6 Å². The molecule has 0 radical (unpaired) electrons. The summed E-state index contributed by atoms with van der Waals surface area (Å²) in [6, 6.07) is 0. The van der Waals surface area contributed by atoms with Crippen LogP contribution in [0.25, 0.3) is 0 Å². The zero-order valence-electron chi connectivity index (χ0n) is 4.89. The van der Waals surface area contributed by atoms with Crippen LogP contribution in [0.15, 0.2) is 0 Å². The van der Waals surface area contributed by atoms with E-state index in [2.05, 4.69) is 20.7 Å². The highest BCUT2D eigenvalue weighted by Gasteiger charge is 1.95. The lowest BCUT2D eigenvalue weighted by Crippen LogP contribution is -1.89. The lowest BCUT2D eigenvalue weighted by molar-refractivity contribution is 0.929. The Morgan fingerprint density at radius 1 is 1.50 bits per heavy atom. The van der Waals surface area contributed by atoms with Gasteiger partial charge in [-0.05, 0) is 6.92 Å². The van der Waals surface area contributed by atoms with Crippen molar-refractivity contribution < 1.29 is 0 Å². The third kappa shape index (κ3) is 0.641. The molecule has 0 amide bonds. The summed E-state index contributed by atoms with van der Waals surface area (Å²) < 4.78 is 0. The number of hydrogen-bond acceptors (Lipinski definition) is 3. The molecule has 1 aromatic rings. The van der Waals surface area contributed by atoms with Gasteiger partial charge in [0, 0.05) is 7.05 Å². The first kappa shape index (κ1) is 5.08. The van der Waals surface area contributed by atoms with Crippen LogP contribution in [0.1, 0.15) is 5.69 Å². The Morgan fingerprint density at radius 2 is 2.25 bits per heavy atom. The lowest BCUT2D eigenvalue weighted by atomic mass is 10.5. The molecule has 1 aromatic heterocycles. The van der Waals surface area contributed by atoms with Crippen molar-refractivity contribution in [2.75, 3.05) is 12.4 Å². The molecule has 4 heteroatoms. The Bertz CT molecular complexity index is 168. The van der Waals surface area contributed by atoms with Gasteiger partial charge in [-0.25, -0.2) is 0 Å². The second kappa shape index (κ2) is 1.81. The van der Waals surface area contributed by atoms with E-state index >= 15 is 0 Å². The van der Waals surface area contributed by atoms with Crippen molar-refractivity contribution in [3.8, 4) is 0 Å². The molecule has 1 heterocycles. The summed E-state index contributed by atoms with van der Waals surface area (Å²) in [5.41, 5.74) is 0.896. The summed E-state index contributed by atoms with van der Waals surface area (Å²) in [6.07, 6.45) is 0. The first-order chi connectivity index (χ1) is 3.84. The minimum atomic E-state index is 0.810. The maximum absolute atomic E-state index is 3.79. The summed E-state index contributed by atoms with van der Waals surface area (Å²) >= 11 is 0. The van der Waals surface area contributed by atoms with Gasteiger partial charge in [0.25, 0.3) is 0 Å².